The lowest BCUT2D eigenvalue weighted by molar-refractivity contribution is 0.0602. The lowest BCUT2D eigenvalue weighted by Crippen LogP contribution is -2.25. The summed E-state index contributed by atoms with van der Waals surface area (Å²) in [5.41, 5.74) is -0.104. The first-order chi connectivity index (χ1) is 8.22. The maximum Gasteiger partial charge on any atom is 0.115 e. The van der Waals surface area contributed by atoms with Crippen LogP contribution >= 0.6 is 0 Å². The molecule has 1 fully saturated rings. The molecule has 0 spiro atoms. The molecule has 0 bridgehead atoms. The van der Waals surface area contributed by atoms with Crippen molar-refractivity contribution in [3.8, 4) is 6.07 Å². The zero-order valence-corrected chi connectivity index (χ0v) is 10.0. The molecule has 17 heavy (non-hydrogen) atoms. The predicted octanol–water partition coefficient (Wildman–Crippen LogP) is 2.23. The van der Waals surface area contributed by atoms with Crippen molar-refractivity contribution in [1.29, 1.82) is 5.26 Å². The summed E-state index contributed by atoms with van der Waals surface area (Å²) in [6.07, 6.45) is 5.83. The molecule has 1 aliphatic carbocycles. The van der Waals surface area contributed by atoms with Gasteiger partial charge in [-0.25, -0.2) is 9.97 Å². The number of hydrogen-bond acceptors (Lipinski definition) is 4. The van der Waals surface area contributed by atoms with Gasteiger partial charge in [-0.3, -0.25) is 0 Å². The lowest BCUT2D eigenvalue weighted by atomic mass is 9.79. The van der Waals surface area contributed by atoms with Crippen LogP contribution in [-0.4, -0.2) is 15.1 Å². The maximum atomic E-state index is 10.4. The number of aromatic nitrogens is 2. The van der Waals surface area contributed by atoms with E-state index in [0.717, 1.165) is 25.7 Å². The third-order valence-electron chi connectivity index (χ3n) is 3.86. The molecule has 1 N–H and O–H groups in total. The number of nitriles is 1. The Labute approximate surface area is 101 Å². The fourth-order valence-electron chi connectivity index (χ4n) is 2.69. The van der Waals surface area contributed by atoms with Crippen LogP contribution in [0.2, 0.25) is 0 Å². The second-order valence-electron chi connectivity index (χ2n) is 4.82. The van der Waals surface area contributed by atoms with Gasteiger partial charge in [0, 0.05) is 6.20 Å². The summed E-state index contributed by atoms with van der Waals surface area (Å²) in [6, 6.07) is 4.01. The van der Waals surface area contributed by atoms with E-state index in [1.807, 2.05) is 0 Å². The van der Waals surface area contributed by atoms with E-state index in [0.29, 0.717) is 11.6 Å². The summed E-state index contributed by atoms with van der Waals surface area (Å²) in [4.78, 5) is 7.88. The standard InChI is InChI=1S/C13H17N3O/c1-2-10-3-5-13(7-10,8-14)12(17)11-4-6-15-9-16-11/h4,6,9-10,12,17H,2-3,5,7H2,1H3. The molecule has 1 saturated carbocycles. The zero-order valence-electron chi connectivity index (χ0n) is 10.0. The van der Waals surface area contributed by atoms with Crippen molar-refractivity contribution in [2.75, 3.05) is 0 Å². The van der Waals surface area contributed by atoms with Crippen LogP contribution in [0, 0.1) is 22.7 Å². The predicted molar refractivity (Wildman–Crippen MR) is 62.7 cm³/mol. The molecule has 0 radical (unpaired) electrons. The first kappa shape index (κ1) is 12.0. The van der Waals surface area contributed by atoms with Crippen LogP contribution in [0.25, 0.3) is 0 Å². The molecule has 90 valence electrons. The van der Waals surface area contributed by atoms with E-state index < -0.39 is 11.5 Å². The topological polar surface area (TPSA) is 69.8 Å². The fourth-order valence-corrected chi connectivity index (χ4v) is 2.69. The molecular formula is C13H17N3O. The van der Waals surface area contributed by atoms with Crippen molar-refractivity contribution < 1.29 is 5.11 Å². The molecule has 1 aromatic heterocycles. The molecule has 3 unspecified atom stereocenters. The largest absolute Gasteiger partial charge is 0.385 e. The van der Waals surface area contributed by atoms with E-state index >= 15 is 0 Å². The van der Waals surface area contributed by atoms with E-state index in [2.05, 4.69) is 23.0 Å². The van der Waals surface area contributed by atoms with Crippen molar-refractivity contribution in [1.82, 2.24) is 9.97 Å². The molecule has 0 amide bonds. The summed E-state index contributed by atoms with van der Waals surface area (Å²) in [5.74, 6) is 0.547. The Morgan fingerprint density at radius 3 is 3.06 bits per heavy atom. The van der Waals surface area contributed by atoms with Gasteiger partial charge in [0.1, 0.15) is 12.4 Å². The van der Waals surface area contributed by atoms with Crippen LogP contribution in [0.4, 0.5) is 0 Å². The van der Waals surface area contributed by atoms with Crippen LogP contribution in [0.15, 0.2) is 18.6 Å². The van der Waals surface area contributed by atoms with Gasteiger partial charge in [0.05, 0.1) is 17.2 Å². The SMILES string of the molecule is CCC1CCC(C#N)(C(O)c2ccncn2)C1. The van der Waals surface area contributed by atoms with Gasteiger partial charge in [0.15, 0.2) is 0 Å². The van der Waals surface area contributed by atoms with Crippen LogP contribution < -0.4 is 0 Å². The smallest absolute Gasteiger partial charge is 0.115 e. The summed E-state index contributed by atoms with van der Waals surface area (Å²) >= 11 is 0. The number of hydrogen-bond donors (Lipinski definition) is 1. The van der Waals surface area contributed by atoms with Gasteiger partial charge in [-0.2, -0.15) is 5.26 Å². The van der Waals surface area contributed by atoms with Gasteiger partial charge in [0.25, 0.3) is 0 Å². The Balaban J connectivity index is 2.23. The molecule has 4 nitrogen and oxygen atoms in total. The Kier molecular flexibility index (Phi) is 3.39. The second-order valence-corrected chi connectivity index (χ2v) is 4.82. The monoisotopic (exact) mass is 231 g/mol. The third-order valence-corrected chi connectivity index (χ3v) is 3.86. The van der Waals surface area contributed by atoms with Crippen LogP contribution in [-0.2, 0) is 0 Å². The Morgan fingerprint density at radius 1 is 1.71 bits per heavy atom. The molecule has 0 saturated heterocycles. The molecular weight excluding hydrogens is 214 g/mol. The van der Waals surface area contributed by atoms with Gasteiger partial charge in [-0.1, -0.05) is 13.3 Å². The molecule has 1 aromatic rings. The normalized spacial score (nSPS) is 29.8. The molecule has 0 aliphatic heterocycles. The van der Waals surface area contributed by atoms with Gasteiger partial charge in [0.2, 0.25) is 0 Å². The Morgan fingerprint density at radius 2 is 2.53 bits per heavy atom. The van der Waals surface area contributed by atoms with Crippen molar-refractivity contribution in [2.45, 2.75) is 38.7 Å². The minimum absolute atomic E-state index is 0.547. The highest BCUT2D eigenvalue weighted by Gasteiger charge is 2.45. The molecule has 1 heterocycles. The minimum Gasteiger partial charge on any atom is -0.385 e. The first-order valence-corrected chi connectivity index (χ1v) is 6.07. The summed E-state index contributed by atoms with van der Waals surface area (Å²) in [5, 5.41) is 19.8. The summed E-state index contributed by atoms with van der Waals surface area (Å²) in [7, 11) is 0. The molecule has 3 atom stereocenters. The van der Waals surface area contributed by atoms with Crippen molar-refractivity contribution in [3.63, 3.8) is 0 Å². The van der Waals surface area contributed by atoms with E-state index in [1.54, 1.807) is 12.3 Å². The van der Waals surface area contributed by atoms with Crippen LogP contribution in [0.5, 0.6) is 0 Å². The van der Waals surface area contributed by atoms with Crippen molar-refractivity contribution in [2.24, 2.45) is 11.3 Å². The molecule has 1 aliphatic rings. The molecule has 2 rings (SSSR count). The summed E-state index contributed by atoms with van der Waals surface area (Å²) < 4.78 is 0. The zero-order chi connectivity index (χ0) is 12.3. The highest BCUT2D eigenvalue weighted by Crippen LogP contribution is 2.49. The second kappa shape index (κ2) is 4.80. The first-order valence-electron chi connectivity index (χ1n) is 6.07. The highest BCUT2D eigenvalue weighted by molar-refractivity contribution is 5.16. The number of nitrogens with zero attached hydrogens (tertiary/aromatic N) is 3. The quantitative estimate of drug-likeness (QED) is 0.866. The summed E-state index contributed by atoms with van der Waals surface area (Å²) in [6.45, 7) is 2.13. The van der Waals surface area contributed by atoms with E-state index in [-0.39, 0.29) is 0 Å². The number of rotatable bonds is 3. The van der Waals surface area contributed by atoms with Gasteiger partial charge in [-0.15, -0.1) is 0 Å². The fraction of sp³-hybridized carbons (Fsp3) is 0.615. The Hall–Kier alpha value is -1.47. The maximum absolute atomic E-state index is 10.4. The van der Waals surface area contributed by atoms with Gasteiger partial charge in [-0.05, 0) is 31.2 Å². The van der Waals surface area contributed by atoms with Crippen LogP contribution in [0.1, 0.15) is 44.4 Å². The third kappa shape index (κ3) is 2.16. The molecule has 4 heteroatoms. The average Bonchev–Trinajstić information content (AvgIpc) is 2.84. The van der Waals surface area contributed by atoms with Crippen molar-refractivity contribution >= 4 is 0 Å². The minimum atomic E-state index is -0.799. The lowest BCUT2D eigenvalue weighted by Gasteiger charge is -2.26. The van der Waals surface area contributed by atoms with E-state index in [4.69, 9.17) is 0 Å². The van der Waals surface area contributed by atoms with Crippen molar-refractivity contribution in [3.05, 3.63) is 24.3 Å². The average molecular weight is 231 g/mol. The Bertz CT molecular complexity index is 414. The van der Waals surface area contributed by atoms with Gasteiger partial charge >= 0.3 is 0 Å². The highest BCUT2D eigenvalue weighted by atomic mass is 16.3. The van der Waals surface area contributed by atoms with Gasteiger partial charge < -0.3 is 5.11 Å². The number of aliphatic hydroxyl groups excluding tert-OH is 1. The molecule has 0 aromatic carbocycles. The number of aliphatic hydroxyl groups is 1. The van der Waals surface area contributed by atoms with E-state index in [1.165, 1.54) is 6.33 Å². The van der Waals surface area contributed by atoms with E-state index in [9.17, 15) is 10.4 Å². The van der Waals surface area contributed by atoms with Crippen LogP contribution in [0.3, 0.4) is 0 Å².